The van der Waals surface area contributed by atoms with Gasteiger partial charge in [0, 0.05) is 11.1 Å². The van der Waals surface area contributed by atoms with E-state index in [0.717, 1.165) is 4.90 Å². The van der Waals surface area contributed by atoms with Gasteiger partial charge >= 0.3 is 5.97 Å². The maximum absolute atomic E-state index is 12.1. The van der Waals surface area contributed by atoms with Crippen molar-refractivity contribution in [2.45, 2.75) is 47.1 Å². The lowest BCUT2D eigenvalue weighted by atomic mass is 9.73. The smallest absolute Gasteiger partial charge is 0.311 e. The number of carbonyl (C=O) groups is 3. The monoisotopic (exact) mass is 253 g/mol. The van der Waals surface area contributed by atoms with Crippen molar-refractivity contribution in [3.05, 3.63) is 11.1 Å². The first-order chi connectivity index (χ1) is 7.96. The zero-order valence-corrected chi connectivity index (χ0v) is 11.6. The Hall–Kier alpha value is -1.65. The van der Waals surface area contributed by atoms with Crippen LogP contribution in [0.5, 0.6) is 0 Å². The Balaban J connectivity index is 3.30. The van der Waals surface area contributed by atoms with E-state index in [1.54, 1.807) is 27.7 Å². The molecular weight excluding hydrogens is 234 g/mol. The van der Waals surface area contributed by atoms with Crippen LogP contribution in [0.25, 0.3) is 0 Å². The Bertz CT molecular complexity index is 447. The summed E-state index contributed by atoms with van der Waals surface area (Å²) in [5.41, 5.74) is -1.57. The molecule has 0 aliphatic carbocycles. The number of carboxylic acids is 1. The van der Waals surface area contributed by atoms with Gasteiger partial charge in [0.1, 0.15) is 0 Å². The van der Waals surface area contributed by atoms with Crippen LogP contribution in [0.15, 0.2) is 11.1 Å². The van der Waals surface area contributed by atoms with Crippen molar-refractivity contribution < 1.29 is 19.5 Å². The molecule has 1 rings (SSSR count). The molecule has 0 fully saturated rings. The molecule has 0 aromatic heterocycles. The number of hydrogen-bond donors (Lipinski definition) is 1. The zero-order valence-electron chi connectivity index (χ0n) is 11.6. The van der Waals surface area contributed by atoms with Crippen molar-refractivity contribution in [1.82, 2.24) is 4.90 Å². The molecule has 1 heterocycles. The second-order valence-corrected chi connectivity index (χ2v) is 5.68. The van der Waals surface area contributed by atoms with Gasteiger partial charge in [-0.2, -0.15) is 0 Å². The molecule has 0 aromatic carbocycles. The van der Waals surface area contributed by atoms with Gasteiger partial charge in [-0.05, 0) is 41.5 Å². The molecule has 5 nitrogen and oxygen atoms in total. The fourth-order valence-electron chi connectivity index (χ4n) is 1.80. The van der Waals surface area contributed by atoms with E-state index in [2.05, 4.69) is 0 Å². The minimum absolute atomic E-state index is 0.384. The van der Waals surface area contributed by atoms with Gasteiger partial charge in [-0.3, -0.25) is 19.3 Å². The van der Waals surface area contributed by atoms with E-state index in [9.17, 15) is 19.5 Å². The molecule has 2 amide bonds. The lowest BCUT2D eigenvalue weighted by Crippen LogP contribution is -2.59. The summed E-state index contributed by atoms with van der Waals surface area (Å²) < 4.78 is 0. The van der Waals surface area contributed by atoms with Crippen molar-refractivity contribution in [3.8, 4) is 0 Å². The fraction of sp³-hybridized carbons (Fsp3) is 0.615. The Morgan fingerprint density at radius 1 is 1.00 bits per heavy atom. The number of hydrogen-bond acceptors (Lipinski definition) is 3. The van der Waals surface area contributed by atoms with E-state index in [1.807, 2.05) is 0 Å². The van der Waals surface area contributed by atoms with Crippen LogP contribution in [-0.4, -0.2) is 33.3 Å². The van der Waals surface area contributed by atoms with Crippen LogP contribution in [0.1, 0.15) is 41.5 Å². The number of rotatable bonds is 3. The van der Waals surface area contributed by atoms with Gasteiger partial charge in [0.25, 0.3) is 11.8 Å². The first kappa shape index (κ1) is 14.4. The third kappa shape index (κ3) is 1.65. The molecule has 1 N–H and O–H groups in total. The predicted octanol–water partition coefficient (Wildman–Crippen LogP) is 1.58. The average Bonchev–Trinajstić information content (AvgIpc) is 2.43. The van der Waals surface area contributed by atoms with Gasteiger partial charge in [-0.1, -0.05) is 0 Å². The normalized spacial score (nSPS) is 17.8. The summed E-state index contributed by atoms with van der Waals surface area (Å²) in [6.45, 7) is 9.39. The summed E-state index contributed by atoms with van der Waals surface area (Å²) in [4.78, 5) is 36.6. The van der Waals surface area contributed by atoms with E-state index in [1.165, 1.54) is 13.8 Å². The van der Waals surface area contributed by atoms with Gasteiger partial charge in [-0.15, -0.1) is 0 Å². The van der Waals surface area contributed by atoms with Crippen LogP contribution in [-0.2, 0) is 14.4 Å². The lowest BCUT2D eigenvalue weighted by Gasteiger charge is -2.44. The molecule has 100 valence electrons. The van der Waals surface area contributed by atoms with Gasteiger partial charge in [-0.25, -0.2) is 0 Å². The van der Waals surface area contributed by atoms with Crippen LogP contribution >= 0.6 is 0 Å². The number of nitrogens with zero attached hydrogens (tertiary/aromatic N) is 1. The fourth-order valence-corrected chi connectivity index (χ4v) is 1.80. The second-order valence-electron chi connectivity index (χ2n) is 5.68. The molecule has 0 aromatic rings. The SMILES string of the molecule is CC1=C(C)C(=O)N(C(C)(C)C(C)(C)C(=O)O)C1=O. The standard InChI is InChI=1S/C13H19NO4/c1-7-8(2)10(16)14(9(7)15)13(5,6)12(3,4)11(17)18/h1-6H3,(H,17,18). The molecule has 0 bridgehead atoms. The van der Waals surface area contributed by atoms with Crippen molar-refractivity contribution in [1.29, 1.82) is 0 Å². The number of aliphatic carboxylic acids is 1. The van der Waals surface area contributed by atoms with E-state index in [0.29, 0.717) is 11.1 Å². The van der Waals surface area contributed by atoms with E-state index >= 15 is 0 Å². The van der Waals surface area contributed by atoms with Crippen LogP contribution in [0, 0.1) is 5.41 Å². The molecule has 1 aliphatic heterocycles. The number of imide groups is 1. The molecule has 0 unspecified atom stereocenters. The second kappa shape index (κ2) is 3.93. The summed E-state index contributed by atoms with van der Waals surface area (Å²) in [5, 5.41) is 9.28. The summed E-state index contributed by atoms with van der Waals surface area (Å²) in [6.07, 6.45) is 0. The Morgan fingerprint density at radius 3 is 1.61 bits per heavy atom. The van der Waals surface area contributed by atoms with Crippen molar-refractivity contribution >= 4 is 17.8 Å². The first-order valence-corrected chi connectivity index (χ1v) is 5.76. The minimum atomic E-state index is -1.23. The van der Waals surface area contributed by atoms with Gasteiger partial charge < -0.3 is 5.11 Å². The van der Waals surface area contributed by atoms with Gasteiger partial charge in [0.15, 0.2) is 0 Å². The molecule has 5 heteroatoms. The minimum Gasteiger partial charge on any atom is -0.481 e. The van der Waals surface area contributed by atoms with E-state index in [4.69, 9.17) is 0 Å². The highest BCUT2D eigenvalue weighted by Crippen LogP contribution is 2.40. The Kier molecular flexibility index (Phi) is 3.15. The van der Waals surface area contributed by atoms with Gasteiger partial charge in [0.2, 0.25) is 0 Å². The first-order valence-electron chi connectivity index (χ1n) is 5.76. The highest BCUT2D eigenvalue weighted by atomic mass is 16.4. The number of carbonyl (C=O) groups excluding carboxylic acids is 2. The van der Waals surface area contributed by atoms with E-state index in [-0.39, 0.29) is 0 Å². The largest absolute Gasteiger partial charge is 0.481 e. The molecule has 0 radical (unpaired) electrons. The summed E-state index contributed by atoms with van der Waals surface area (Å²) in [5.74, 6) is -1.86. The van der Waals surface area contributed by atoms with Crippen LogP contribution in [0.3, 0.4) is 0 Å². The third-order valence-corrected chi connectivity index (χ3v) is 4.23. The molecule has 0 saturated carbocycles. The molecule has 0 saturated heterocycles. The summed E-state index contributed by atoms with van der Waals surface area (Å²) >= 11 is 0. The molecule has 0 atom stereocenters. The molecular formula is C13H19NO4. The van der Waals surface area contributed by atoms with Crippen molar-refractivity contribution in [2.24, 2.45) is 5.41 Å². The maximum Gasteiger partial charge on any atom is 0.311 e. The number of carboxylic acid groups (broad SMARTS) is 1. The molecule has 18 heavy (non-hydrogen) atoms. The quantitative estimate of drug-likeness (QED) is 0.775. The topological polar surface area (TPSA) is 74.7 Å². The van der Waals surface area contributed by atoms with Crippen molar-refractivity contribution in [2.75, 3.05) is 0 Å². The average molecular weight is 253 g/mol. The third-order valence-electron chi connectivity index (χ3n) is 4.23. The predicted molar refractivity (Wildman–Crippen MR) is 65.7 cm³/mol. The molecule has 1 aliphatic rings. The lowest BCUT2D eigenvalue weighted by molar-refractivity contribution is -0.161. The highest BCUT2D eigenvalue weighted by molar-refractivity contribution is 6.19. The molecule has 0 spiro atoms. The summed E-state index contributed by atoms with van der Waals surface area (Å²) in [6, 6.07) is 0. The van der Waals surface area contributed by atoms with E-state index < -0.39 is 28.7 Å². The van der Waals surface area contributed by atoms with Crippen LogP contribution in [0.4, 0.5) is 0 Å². The van der Waals surface area contributed by atoms with Gasteiger partial charge in [0.05, 0.1) is 11.0 Å². The van der Waals surface area contributed by atoms with Crippen LogP contribution < -0.4 is 0 Å². The Labute approximate surface area is 106 Å². The Morgan fingerprint density at radius 2 is 1.33 bits per heavy atom. The van der Waals surface area contributed by atoms with Crippen LogP contribution in [0.2, 0.25) is 0 Å². The zero-order chi connectivity index (χ0) is 14.5. The van der Waals surface area contributed by atoms with Crippen molar-refractivity contribution in [3.63, 3.8) is 0 Å². The highest BCUT2D eigenvalue weighted by Gasteiger charge is 2.53. The summed E-state index contributed by atoms with van der Waals surface area (Å²) in [7, 11) is 0. The number of amides is 2. The maximum atomic E-state index is 12.1.